The van der Waals surface area contributed by atoms with Gasteiger partial charge in [0.25, 0.3) is 5.91 Å². The Balaban J connectivity index is 1.88. The molecule has 0 aliphatic heterocycles. The third-order valence-corrected chi connectivity index (χ3v) is 3.97. The van der Waals surface area contributed by atoms with Crippen molar-refractivity contribution < 1.29 is 4.79 Å². The van der Waals surface area contributed by atoms with Crippen molar-refractivity contribution in [3.63, 3.8) is 0 Å². The average molecular weight is 342 g/mol. The lowest BCUT2D eigenvalue weighted by atomic mass is 10.1. The zero-order chi connectivity index (χ0) is 17.1. The predicted molar refractivity (Wildman–Crippen MR) is 97.1 cm³/mol. The largest absolute Gasteiger partial charge is 0.334 e. The van der Waals surface area contributed by atoms with Crippen molar-refractivity contribution in [3.8, 4) is 0 Å². The predicted octanol–water partition coefficient (Wildman–Crippen LogP) is 4.51. The number of aromatic amines is 1. The minimum absolute atomic E-state index is 0.0141. The zero-order valence-electron chi connectivity index (χ0n) is 13.8. The molecular weight excluding hydrogens is 322 g/mol. The van der Waals surface area contributed by atoms with Crippen molar-refractivity contribution in [2.75, 3.05) is 6.54 Å². The third kappa shape index (κ3) is 3.77. The molecule has 1 heterocycles. The quantitative estimate of drug-likeness (QED) is 0.742. The summed E-state index contributed by atoms with van der Waals surface area (Å²) in [4.78, 5) is 22.0. The van der Waals surface area contributed by atoms with Gasteiger partial charge in [-0.15, -0.1) is 0 Å². The molecule has 1 N–H and O–H groups in total. The molecule has 1 amide bonds. The lowest BCUT2D eigenvalue weighted by molar-refractivity contribution is 0.0723. The van der Waals surface area contributed by atoms with Crippen LogP contribution < -0.4 is 0 Å². The average Bonchev–Trinajstić information content (AvgIpc) is 2.93. The van der Waals surface area contributed by atoms with E-state index in [9.17, 15) is 4.79 Å². The van der Waals surface area contributed by atoms with Crippen LogP contribution in [0, 0.1) is 5.92 Å². The highest BCUT2D eigenvalue weighted by Crippen LogP contribution is 2.19. The summed E-state index contributed by atoms with van der Waals surface area (Å²) in [5, 5.41) is 0.331. The summed E-state index contributed by atoms with van der Waals surface area (Å²) in [5.41, 5.74) is 3.29. The van der Waals surface area contributed by atoms with E-state index in [0.29, 0.717) is 29.9 Å². The van der Waals surface area contributed by atoms with Crippen molar-refractivity contribution in [2.45, 2.75) is 20.4 Å². The van der Waals surface area contributed by atoms with Gasteiger partial charge in [-0.05, 0) is 41.3 Å². The number of hydrogen-bond acceptors (Lipinski definition) is 2. The van der Waals surface area contributed by atoms with Crippen LogP contribution in [0.4, 0.5) is 0 Å². The van der Waals surface area contributed by atoms with Gasteiger partial charge in [-0.2, -0.15) is 0 Å². The number of nitrogens with zero attached hydrogens (tertiary/aromatic N) is 2. The molecule has 0 aliphatic carbocycles. The number of rotatable bonds is 5. The van der Waals surface area contributed by atoms with Gasteiger partial charge < -0.3 is 9.88 Å². The summed E-state index contributed by atoms with van der Waals surface area (Å²) in [5.74, 6) is 0.406. The fraction of sp³-hybridized carbons (Fsp3) is 0.263. The van der Waals surface area contributed by atoms with Crippen LogP contribution in [0.3, 0.4) is 0 Å². The number of fused-ring (bicyclic) bond motifs is 1. The number of H-pyrrole nitrogens is 1. The summed E-state index contributed by atoms with van der Waals surface area (Å²) in [6.07, 6.45) is 0. The van der Waals surface area contributed by atoms with Crippen LogP contribution in [0.15, 0.2) is 48.5 Å². The van der Waals surface area contributed by atoms with Crippen LogP contribution in [0.25, 0.3) is 11.0 Å². The Morgan fingerprint density at radius 2 is 1.96 bits per heavy atom. The second-order valence-corrected chi connectivity index (χ2v) is 6.68. The summed E-state index contributed by atoms with van der Waals surface area (Å²) in [7, 11) is 0. The van der Waals surface area contributed by atoms with Crippen molar-refractivity contribution in [1.82, 2.24) is 14.9 Å². The maximum atomic E-state index is 13.0. The molecule has 24 heavy (non-hydrogen) atoms. The number of benzene rings is 2. The van der Waals surface area contributed by atoms with E-state index in [1.807, 2.05) is 47.4 Å². The molecule has 0 saturated heterocycles. The first-order valence-corrected chi connectivity index (χ1v) is 8.39. The monoisotopic (exact) mass is 341 g/mol. The van der Waals surface area contributed by atoms with E-state index in [0.717, 1.165) is 16.6 Å². The molecule has 0 unspecified atom stereocenters. The minimum Gasteiger partial charge on any atom is -0.334 e. The SMILES string of the molecule is CC(C)CN(Cc1ccccc1)C(=O)c1ccc2nc(Cl)[nH]c2c1. The van der Waals surface area contributed by atoms with Crippen molar-refractivity contribution in [3.05, 3.63) is 64.9 Å². The standard InChI is InChI=1S/C19H20ClN3O/c1-13(2)11-23(12-14-6-4-3-5-7-14)18(24)15-8-9-16-17(10-15)22-19(20)21-16/h3-10,13H,11-12H2,1-2H3,(H,21,22). The number of amides is 1. The van der Waals surface area contributed by atoms with Crippen LogP contribution in [0.2, 0.25) is 5.28 Å². The Hall–Kier alpha value is -2.33. The molecule has 0 fully saturated rings. The first-order chi connectivity index (χ1) is 11.5. The van der Waals surface area contributed by atoms with Gasteiger partial charge in [-0.25, -0.2) is 4.98 Å². The van der Waals surface area contributed by atoms with Crippen LogP contribution in [-0.2, 0) is 6.54 Å². The van der Waals surface area contributed by atoms with E-state index in [-0.39, 0.29) is 5.91 Å². The molecule has 5 heteroatoms. The van der Waals surface area contributed by atoms with Gasteiger partial charge >= 0.3 is 0 Å². The van der Waals surface area contributed by atoms with Crippen molar-refractivity contribution in [1.29, 1.82) is 0 Å². The molecule has 2 aromatic carbocycles. The van der Waals surface area contributed by atoms with Gasteiger partial charge in [0.2, 0.25) is 5.28 Å². The number of imidazole rings is 1. The Labute approximate surface area is 146 Å². The number of carbonyl (C=O) groups excluding carboxylic acids is 1. The van der Waals surface area contributed by atoms with Gasteiger partial charge in [-0.3, -0.25) is 4.79 Å². The summed E-state index contributed by atoms with van der Waals surface area (Å²) in [6, 6.07) is 15.5. The van der Waals surface area contributed by atoms with Crippen molar-refractivity contribution >= 4 is 28.5 Å². The van der Waals surface area contributed by atoms with Crippen LogP contribution in [0.1, 0.15) is 29.8 Å². The second kappa shape index (κ2) is 7.05. The van der Waals surface area contributed by atoms with Crippen molar-refractivity contribution in [2.24, 2.45) is 5.92 Å². The van der Waals surface area contributed by atoms with Gasteiger partial charge in [0.05, 0.1) is 11.0 Å². The van der Waals surface area contributed by atoms with E-state index in [2.05, 4.69) is 23.8 Å². The van der Waals surface area contributed by atoms with Crippen LogP contribution in [-0.4, -0.2) is 27.3 Å². The molecule has 0 bridgehead atoms. The smallest absolute Gasteiger partial charge is 0.254 e. The van der Waals surface area contributed by atoms with Gasteiger partial charge in [0.1, 0.15) is 0 Å². The number of hydrogen-bond donors (Lipinski definition) is 1. The molecule has 4 nitrogen and oxygen atoms in total. The molecular formula is C19H20ClN3O. The number of carbonyl (C=O) groups is 1. The second-order valence-electron chi connectivity index (χ2n) is 6.32. The summed E-state index contributed by atoms with van der Waals surface area (Å²) >= 11 is 5.89. The molecule has 0 atom stereocenters. The Bertz CT molecular complexity index is 842. The highest BCUT2D eigenvalue weighted by molar-refractivity contribution is 6.29. The first kappa shape index (κ1) is 16.5. The Morgan fingerprint density at radius 1 is 1.21 bits per heavy atom. The summed E-state index contributed by atoms with van der Waals surface area (Å²) in [6.45, 7) is 5.53. The zero-order valence-corrected chi connectivity index (χ0v) is 14.5. The molecule has 0 radical (unpaired) electrons. The van der Waals surface area contributed by atoms with Gasteiger partial charge in [0, 0.05) is 18.7 Å². The number of aromatic nitrogens is 2. The lowest BCUT2D eigenvalue weighted by Gasteiger charge is -2.25. The fourth-order valence-electron chi connectivity index (χ4n) is 2.76. The lowest BCUT2D eigenvalue weighted by Crippen LogP contribution is -2.33. The maximum absolute atomic E-state index is 13.0. The molecule has 0 spiro atoms. The molecule has 3 aromatic rings. The minimum atomic E-state index is 0.0141. The third-order valence-electron chi connectivity index (χ3n) is 3.79. The molecule has 1 aromatic heterocycles. The molecule has 3 rings (SSSR count). The van der Waals surface area contributed by atoms with Gasteiger partial charge in [0.15, 0.2) is 0 Å². The fourth-order valence-corrected chi connectivity index (χ4v) is 2.95. The van der Waals surface area contributed by atoms with Crippen LogP contribution in [0.5, 0.6) is 0 Å². The van der Waals surface area contributed by atoms with Crippen LogP contribution >= 0.6 is 11.6 Å². The van der Waals surface area contributed by atoms with E-state index >= 15 is 0 Å². The topological polar surface area (TPSA) is 49.0 Å². The maximum Gasteiger partial charge on any atom is 0.254 e. The normalized spacial score (nSPS) is 11.2. The highest BCUT2D eigenvalue weighted by Gasteiger charge is 2.18. The Morgan fingerprint density at radius 3 is 2.67 bits per heavy atom. The van der Waals surface area contributed by atoms with Gasteiger partial charge in [-0.1, -0.05) is 44.2 Å². The highest BCUT2D eigenvalue weighted by atomic mass is 35.5. The van der Waals surface area contributed by atoms with E-state index in [4.69, 9.17) is 11.6 Å². The molecule has 0 aliphatic rings. The van der Waals surface area contributed by atoms with E-state index in [1.54, 1.807) is 6.07 Å². The Kier molecular flexibility index (Phi) is 4.86. The molecule has 0 saturated carbocycles. The summed E-state index contributed by atoms with van der Waals surface area (Å²) < 4.78 is 0. The number of nitrogens with one attached hydrogen (secondary N) is 1. The van der Waals surface area contributed by atoms with E-state index < -0.39 is 0 Å². The molecule has 124 valence electrons. The first-order valence-electron chi connectivity index (χ1n) is 8.01. The number of halogens is 1. The van der Waals surface area contributed by atoms with E-state index in [1.165, 1.54) is 0 Å².